The summed E-state index contributed by atoms with van der Waals surface area (Å²) in [5.41, 5.74) is 0.477. The molecule has 3 aliphatic rings. The van der Waals surface area contributed by atoms with E-state index in [4.69, 9.17) is 14.2 Å². The molecular formula is C16H20N2O4. The number of hydrogen-bond donors (Lipinski definition) is 1. The second-order valence-corrected chi connectivity index (χ2v) is 6.08. The Kier molecular flexibility index (Phi) is 3.43. The van der Waals surface area contributed by atoms with E-state index < -0.39 is 0 Å². The van der Waals surface area contributed by atoms with Crippen LogP contribution in [0.2, 0.25) is 0 Å². The van der Waals surface area contributed by atoms with E-state index in [9.17, 15) is 4.79 Å². The quantitative estimate of drug-likeness (QED) is 0.839. The van der Waals surface area contributed by atoms with E-state index in [2.05, 4.69) is 5.32 Å². The number of nitrogens with one attached hydrogen (secondary N) is 1. The first-order chi connectivity index (χ1) is 10.8. The second kappa shape index (κ2) is 5.44. The minimum absolute atomic E-state index is 0.0412. The van der Waals surface area contributed by atoms with E-state index in [1.807, 2.05) is 4.90 Å². The number of morpholine rings is 1. The summed E-state index contributed by atoms with van der Waals surface area (Å²) in [6.45, 7) is 4.04. The number of carbonyl (C=O) groups is 1. The van der Waals surface area contributed by atoms with Crippen LogP contribution in [-0.2, 0) is 4.74 Å². The van der Waals surface area contributed by atoms with Gasteiger partial charge in [0, 0.05) is 12.1 Å². The second-order valence-electron chi connectivity index (χ2n) is 6.08. The van der Waals surface area contributed by atoms with Gasteiger partial charge in [-0.05, 0) is 44.1 Å². The zero-order valence-corrected chi connectivity index (χ0v) is 12.5. The van der Waals surface area contributed by atoms with E-state index in [1.54, 1.807) is 18.2 Å². The number of fused-ring (bicyclic) bond motifs is 1. The van der Waals surface area contributed by atoms with Crippen LogP contribution < -0.4 is 14.8 Å². The number of amides is 1. The molecule has 1 N–H and O–H groups in total. The monoisotopic (exact) mass is 304 g/mol. The molecule has 118 valence electrons. The Morgan fingerprint density at radius 2 is 2.00 bits per heavy atom. The molecule has 3 heterocycles. The van der Waals surface area contributed by atoms with Crippen molar-refractivity contribution < 1.29 is 19.0 Å². The van der Waals surface area contributed by atoms with Crippen molar-refractivity contribution in [3.8, 4) is 11.5 Å². The fraction of sp³-hybridized carbons (Fsp3) is 0.562. The van der Waals surface area contributed by atoms with Gasteiger partial charge in [0.2, 0.25) is 6.79 Å². The lowest BCUT2D eigenvalue weighted by molar-refractivity contribution is -0.114. The fourth-order valence-corrected chi connectivity index (χ4v) is 3.42. The molecule has 2 saturated heterocycles. The van der Waals surface area contributed by atoms with Gasteiger partial charge in [-0.1, -0.05) is 0 Å². The van der Waals surface area contributed by atoms with Crippen LogP contribution in [0.25, 0.3) is 0 Å². The highest BCUT2D eigenvalue weighted by Gasteiger charge is 2.39. The lowest BCUT2D eigenvalue weighted by Crippen LogP contribution is -2.57. The first-order valence-corrected chi connectivity index (χ1v) is 7.79. The number of carbonyl (C=O) groups excluding carboxylic acids is 1. The zero-order chi connectivity index (χ0) is 15.0. The maximum Gasteiger partial charge on any atom is 0.254 e. The summed E-state index contributed by atoms with van der Waals surface area (Å²) < 4.78 is 16.7. The van der Waals surface area contributed by atoms with E-state index >= 15 is 0 Å². The highest BCUT2D eigenvalue weighted by atomic mass is 16.7. The molecule has 0 unspecified atom stereocenters. The van der Waals surface area contributed by atoms with E-state index in [0.29, 0.717) is 36.8 Å². The minimum Gasteiger partial charge on any atom is -0.454 e. The minimum atomic E-state index is -0.171. The molecule has 6 heteroatoms. The number of benzene rings is 1. The van der Waals surface area contributed by atoms with Crippen LogP contribution in [0.1, 0.15) is 23.2 Å². The van der Waals surface area contributed by atoms with Gasteiger partial charge in [-0.2, -0.15) is 0 Å². The molecule has 22 heavy (non-hydrogen) atoms. The maximum absolute atomic E-state index is 12.8. The highest BCUT2D eigenvalue weighted by molar-refractivity contribution is 5.95. The number of ether oxygens (including phenoxy) is 3. The highest BCUT2D eigenvalue weighted by Crippen LogP contribution is 2.34. The molecule has 1 aromatic rings. The molecule has 2 fully saturated rings. The summed E-state index contributed by atoms with van der Waals surface area (Å²) in [4.78, 5) is 14.7. The molecule has 0 atom stereocenters. The van der Waals surface area contributed by atoms with Crippen molar-refractivity contribution in [2.75, 3.05) is 39.6 Å². The largest absolute Gasteiger partial charge is 0.454 e. The molecular weight excluding hydrogens is 284 g/mol. The average Bonchev–Trinajstić information content (AvgIpc) is 3.02. The number of piperidine rings is 1. The van der Waals surface area contributed by atoms with Gasteiger partial charge in [0.15, 0.2) is 11.5 Å². The van der Waals surface area contributed by atoms with Crippen LogP contribution in [0, 0.1) is 0 Å². The molecule has 0 aromatic heterocycles. The third kappa shape index (κ3) is 2.42. The molecule has 3 aliphatic heterocycles. The standard InChI is InChI=1S/C16H20N2O4/c19-15(12-1-2-13-14(9-12)21-11-20-13)18-7-8-22-16(10-18)3-5-17-6-4-16/h1-2,9,17H,3-8,10-11H2. The van der Waals surface area contributed by atoms with Crippen molar-refractivity contribution in [2.24, 2.45) is 0 Å². The van der Waals surface area contributed by atoms with Gasteiger partial charge in [-0.3, -0.25) is 4.79 Å². The van der Waals surface area contributed by atoms with Gasteiger partial charge in [-0.15, -0.1) is 0 Å². The smallest absolute Gasteiger partial charge is 0.254 e. The summed E-state index contributed by atoms with van der Waals surface area (Å²) in [5.74, 6) is 1.39. The Labute approximate surface area is 129 Å². The van der Waals surface area contributed by atoms with Crippen LogP contribution in [0.3, 0.4) is 0 Å². The molecule has 0 radical (unpaired) electrons. The predicted molar refractivity (Wildman–Crippen MR) is 79.3 cm³/mol. The SMILES string of the molecule is O=C(c1ccc2c(c1)OCO2)N1CCOC2(CCNCC2)C1. The van der Waals surface area contributed by atoms with E-state index in [1.165, 1.54) is 0 Å². The van der Waals surface area contributed by atoms with Crippen molar-refractivity contribution in [3.63, 3.8) is 0 Å². The maximum atomic E-state index is 12.8. The molecule has 0 saturated carbocycles. The lowest BCUT2D eigenvalue weighted by Gasteiger charge is -2.45. The Bertz CT molecular complexity index is 578. The number of rotatable bonds is 1. The molecule has 0 aliphatic carbocycles. The van der Waals surface area contributed by atoms with Gasteiger partial charge in [0.25, 0.3) is 5.91 Å². The van der Waals surface area contributed by atoms with Crippen LogP contribution in [0.4, 0.5) is 0 Å². The molecule has 1 amide bonds. The zero-order valence-electron chi connectivity index (χ0n) is 12.5. The Morgan fingerprint density at radius 1 is 1.18 bits per heavy atom. The van der Waals surface area contributed by atoms with Gasteiger partial charge < -0.3 is 24.4 Å². The third-order valence-corrected chi connectivity index (χ3v) is 4.67. The lowest BCUT2D eigenvalue weighted by atomic mass is 9.90. The van der Waals surface area contributed by atoms with Gasteiger partial charge >= 0.3 is 0 Å². The third-order valence-electron chi connectivity index (χ3n) is 4.67. The molecule has 4 rings (SSSR count). The summed E-state index contributed by atoms with van der Waals surface area (Å²) >= 11 is 0. The summed E-state index contributed by atoms with van der Waals surface area (Å²) in [6, 6.07) is 5.38. The molecule has 6 nitrogen and oxygen atoms in total. The Hall–Kier alpha value is -1.79. The van der Waals surface area contributed by atoms with Crippen molar-refractivity contribution in [2.45, 2.75) is 18.4 Å². The Balaban J connectivity index is 1.52. The van der Waals surface area contributed by atoms with Crippen LogP contribution in [-0.4, -0.2) is 56.0 Å². The molecule has 0 bridgehead atoms. The van der Waals surface area contributed by atoms with Crippen LogP contribution in [0.15, 0.2) is 18.2 Å². The summed E-state index contributed by atoms with van der Waals surface area (Å²) in [7, 11) is 0. The number of nitrogens with zero attached hydrogens (tertiary/aromatic N) is 1. The van der Waals surface area contributed by atoms with Crippen molar-refractivity contribution in [3.05, 3.63) is 23.8 Å². The van der Waals surface area contributed by atoms with Crippen molar-refractivity contribution >= 4 is 5.91 Å². The summed E-state index contributed by atoms with van der Waals surface area (Å²) in [5, 5.41) is 3.35. The first kappa shape index (κ1) is 13.8. The topological polar surface area (TPSA) is 60.0 Å². The van der Waals surface area contributed by atoms with E-state index in [-0.39, 0.29) is 18.3 Å². The average molecular weight is 304 g/mol. The fourth-order valence-electron chi connectivity index (χ4n) is 3.42. The normalized spacial score (nSPS) is 22.8. The first-order valence-electron chi connectivity index (χ1n) is 7.79. The van der Waals surface area contributed by atoms with Crippen molar-refractivity contribution in [1.82, 2.24) is 10.2 Å². The van der Waals surface area contributed by atoms with Gasteiger partial charge in [0.05, 0.1) is 18.8 Å². The summed E-state index contributed by atoms with van der Waals surface area (Å²) in [6.07, 6.45) is 1.91. The Morgan fingerprint density at radius 3 is 2.86 bits per heavy atom. The van der Waals surface area contributed by atoms with Crippen LogP contribution in [0.5, 0.6) is 11.5 Å². The van der Waals surface area contributed by atoms with Crippen LogP contribution >= 0.6 is 0 Å². The van der Waals surface area contributed by atoms with E-state index in [0.717, 1.165) is 25.9 Å². The molecule has 1 aromatic carbocycles. The van der Waals surface area contributed by atoms with Gasteiger partial charge in [0.1, 0.15) is 0 Å². The van der Waals surface area contributed by atoms with Gasteiger partial charge in [-0.25, -0.2) is 0 Å². The molecule has 1 spiro atoms. The number of hydrogen-bond acceptors (Lipinski definition) is 5. The predicted octanol–water partition coefficient (Wildman–Crippen LogP) is 1.01. The van der Waals surface area contributed by atoms with Crippen molar-refractivity contribution in [1.29, 1.82) is 0 Å².